The molecule has 2 heteroatoms. The highest BCUT2D eigenvalue weighted by Crippen LogP contribution is 2.39. The second kappa shape index (κ2) is 4.38. The van der Waals surface area contributed by atoms with Crippen LogP contribution in [-0.2, 0) is 4.79 Å². The molecule has 2 nitrogen and oxygen atoms in total. The van der Waals surface area contributed by atoms with Crippen LogP contribution in [-0.4, -0.2) is 23.9 Å². The molecule has 0 N–H and O–H groups in total. The lowest BCUT2D eigenvalue weighted by Crippen LogP contribution is -2.35. The van der Waals surface area contributed by atoms with Gasteiger partial charge in [0.05, 0.1) is 0 Å². The summed E-state index contributed by atoms with van der Waals surface area (Å²) < 4.78 is 0. The number of carbonyl (C=O) groups is 1. The van der Waals surface area contributed by atoms with Crippen molar-refractivity contribution in [3.63, 3.8) is 0 Å². The van der Waals surface area contributed by atoms with Crippen LogP contribution in [0.3, 0.4) is 0 Å². The van der Waals surface area contributed by atoms with E-state index in [-0.39, 0.29) is 5.92 Å². The van der Waals surface area contributed by atoms with Crippen molar-refractivity contribution in [3.05, 3.63) is 11.6 Å². The maximum Gasteiger partial charge on any atom is 0.225 e. The van der Waals surface area contributed by atoms with E-state index in [1.807, 2.05) is 18.7 Å². The molecule has 15 heavy (non-hydrogen) atoms. The molecule has 0 unspecified atom stereocenters. The van der Waals surface area contributed by atoms with Crippen LogP contribution >= 0.6 is 0 Å². The highest BCUT2D eigenvalue weighted by atomic mass is 16.2. The van der Waals surface area contributed by atoms with Crippen molar-refractivity contribution in [3.8, 4) is 0 Å². The molecule has 1 saturated carbocycles. The van der Waals surface area contributed by atoms with Gasteiger partial charge in [-0.15, -0.1) is 0 Å². The second-order valence-electron chi connectivity index (χ2n) is 5.07. The zero-order valence-electron chi connectivity index (χ0n) is 9.83. The summed E-state index contributed by atoms with van der Waals surface area (Å²) in [6, 6.07) is 0. The van der Waals surface area contributed by atoms with E-state index in [9.17, 15) is 4.79 Å². The summed E-state index contributed by atoms with van der Waals surface area (Å²) in [6.07, 6.45) is 7.31. The van der Waals surface area contributed by atoms with E-state index in [0.717, 1.165) is 31.8 Å². The topological polar surface area (TPSA) is 20.3 Å². The summed E-state index contributed by atoms with van der Waals surface area (Å²) in [4.78, 5) is 13.9. The quantitative estimate of drug-likeness (QED) is 0.637. The van der Waals surface area contributed by atoms with Crippen LogP contribution in [0.2, 0.25) is 0 Å². The fourth-order valence-electron chi connectivity index (χ4n) is 2.29. The smallest absolute Gasteiger partial charge is 0.225 e. The molecular weight excluding hydrogens is 186 g/mol. The average molecular weight is 207 g/mol. The van der Waals surface area contributed by atoms with Crippen LogP contribution in [0, 0.1) is 11.8 Å². The zero-order valence-corrected chi connectivity index (χ0v) is 9.83. The summed E-state index contributed by atoms with van der Waals surface area (Å²) in [6.45, 7) is 5.84. The van der Waals surface area contributed by atoms with E-state index in [0.29, 0.717) is 5.91 Å². The number of rotatable bonds is 2. The fraction of sp³-hybridized carbons (Fsp3) is 0.769. The Morgan fingerprint density at radius 3 is 2.73 bits per heavy atom. The van der Waals surface area contributed by atoms with E-state index >= 15 is 0 Å². The Kier molecular flexibility index (Phi) is 3.13. The molecule has 1 fully saturated rings. The van der Waals surface area contributed by atoms with E-state index in [1.54, 1.807) is 5.57 Å². The molecule has 1 heterocycles. The van der Waals surface area contributed by atoms with Gasteiger partial charge in [0.1, 0.15) is 0 Å². The van der Waals surface area contributed by atoms with E-state index in [1.165, 1.54) is 12.8 Å². The molecule has 2 aliphatic rings. The largest absolute Gasteiger partial charge is 0.342 e. The van der Waals surface area contributed by atoms with Crippen LogP contribution in [0.15, 0.2) is 11.6 Å². The molecule has 84 valence electrons. The standard InChI is InChI=1S/C13H21NO/c1-10(2)13(15)14-8-3-4-11(7-9-14)12-5-6-12/h4,10,12H,3,5-9H2,1-2H3. The number of hydrogen-bond acceptors (Lipinski definition) is 1. The Hall–Kier alpha value is -0.790. The van der Waals surface area contributed by atoms with Crippen molar-refractivity contribution >= 4 is 5.91 Å². The predicted molar refractivity (Wildman–Crippen MR) is 61.5 cm³/mol. The SMILES string of the molecule is CC(C)C(=O)N1CCC=C(C2CC2)CC1. The molecule has 0 aromatic heterocycles. The van der Waals surface area contributed by atoms with Crippen molar-refractivity contribution in [1.82, 2.24) is 4.90 Å². The van der Waals surface area contributed by atoms with Gasteiger partial charge in [-0.3, -0.25) is 4.79 Å². The Labute approximate surface area is 92.3 Å². The second-order valence-corrected chi connectivity index (χ2v) is 5.07. The first-order valence-electron chi connectivity index (χ1n) is 6.16. The Balaban J connectivity index is 1.90. The minimum atomic E-state index is 0.146. The molecule has 2 rings (SSSR count). The van der Waals surface area contributed by atoms with Crippen LogP contribution in [0.25, 0.3) is 0 Å². The van der Waals surface area contributed by atoms with E-state index < -0.39 is 0 Å². The van der Waals surface area contributed by atoms with Crippen molar-refractivity contribution in [2.75, 3.05) is 13.1 Å². The van der Waals surface area contributed by atoms with Crippen LogP contribution < -0.4 is 0 Å². The first-order valence-corrected chi connectivity index (χ1v) is 6.16. The maximum absolute atomic E-state index is 11.8. The highest BCUT2D eigenvalue weighted by molar-refractivity contribution is 5.78. The Morgan fingerprint density at radius 1 is 1.40 bits per heavy atom. The van der Waals surface area contributed by atoms with Crippen molar-refractivity contribution in [2.24, 2.45) is 11.8 Å². The lowest BCUT2D eigenvalue weighted by molar-refractivity contribution is -0.134. The van der Waals surface area contributed by atoms with Crippen molar-refractivity contribution in [2.45, 2.75) is 39.5 Å². The molecule has 1 amide bonds. The van der Waals surface area contributed by atoms with Crippen molar-refractivity contribution < 1.29 is 4.79 Å². The first kappa shape index (κ1) is 10.7. The van der Waals surface area contributed by atoms with Gasteiger partial charge in [-0.25, -0.2) is 0 Å². The summed E-state index contributed by atoms with van der Waals surface area (Å²) in [5.74, 6) is 1.34. The van der Waals surface area contributed by atoms with Crippen LogP contribution in [0.4, 0.5) is 0 Å². The van der Waals surface area contributed by atoms with Gasteiger partial charge in [-0.2, -0.15) is 0 Å². The molecule has 1 aliphatic heterocycles. The van der Waals surface area contributed by atoms with Gasteiger partial charge in [-0.1, -0.05) is 25.5 Å². The van der Waals surface area contributed by atoms with Gasteiger partial charge in [0, 0.05) is 19.0 Å². The number of nitrogens with zero attached hydrogens (tertiary/aromatic N) is 1. The predicted octanol–water partition coefficient (Wildman–Crippen LogP) is 2.60. The zero-order chi connectivity index (χ0) is 10.8. The van der Waals surface area contributed by atoms with E-state index in [2.05, 4.69) is 6.08 Å². The summed E-state index contributed by atoms with van der Waals surface area (Å²) in [7, 11) is 0. The molecule has 1 aliphatic carbocycles. The Morgan fingerprint density at radius 2 is 2.13 bits per heavy atom. The molecule has 0 spiro atoms. The minimum Gasteiger partial charge on any atom is -0.342 e. The molecule has 0 bridgehead atoms. The summed E-state index contributed by atoms with van der Waals surface area (Å²) in [5, 5.41) is 0. The summed E-state index contributed by atoms with van der Waals surface area (Å²) >= 11 is 0. The highest BCUT2D eigenvalue weighted by Gasteiger charge is 2.27. The Bertz CT molecular complexity index is 276. The molecule has 0 aromatic carbocycles. The van der Waals surface area contributed by atoms with E-state index in [4.69, 9.17) is 0 Å². The van der Waals surface area contributed by atoms with Gasteiger partial charge < -0.3 is 4.90 Å². The number of hydrogen-bond donors (Lipinski definition) is 0. The monoisotopic (exact) mass is 207 g/mol. The van der Waals surface area contributed by atoms with Crippen LogP contribution in [0.1, 0.15) is 39.5 Å². The summed E-state index contributed by atoms with van der Waals surface area (Å²) in [5.41, 5.74) is 1.62. The molecule has 0 aromatic rings. The average Bonchev–Trinajstić information content (AvgIpc) is 3.02. The molecular formula is C13H21NO. The van der Waals surface area contributed by atoms with Crippen molar-refractivity contribution in [1.29, 1.82) is 0 Å². The third-order valence-corrected chi connectivity index (χ3v) is 3.38. The fourth-order valence-corrected chi connectivity index (χ4v) is 2.29. The normalized spacial score (nSPS) is 22.6. The lowest BCUT2D eigenvalue weighted by atomic mass is 10.1. The lowest BCUT2D eigenvalue weighted by Gasteiger charge is -2.22. The van der Waals surface area contributed by atoms with Gasteiger partial charge in [0.25, 0.3) is 0 Å². The molecule has 0 atom stereocenters. The van der Waals surface area contributed by atoms with Gasteiger partial charge in [0.15, 0.2) is 0 Å². The van der Waals surface area contributed by atoms with Gasteiger partial charge >= 0.3 is 0 Å². The number of amides is 1. The molecule has 0 saturated heterocycles. The van der Waals surface area contributed by atoms with Gasteiger partial charge in [0.2, 0.25) is 5.91 Å². The third kappa shape index (κ3) is 2.61. The van der Waals surface area contributed by atoms with Crippen LogP contribution in [0.5, 0.6) is 0 Å². The minimum absolute atomic E-state index is 0.146. The molecule has 0 radical (unpaired) electrons. The third-order valence-electron chi connectivity index (χ3n) is 3.38. The first-order chi connectivity index (χ1) is 7.18. The van der Waals surface area contributed by atoms with Gasteiger partial charge in [-0.05, 0) is 31.6 Å². The number of carbonyl (C=O) groups excluding carboxylic acids is 1. The maximum atomic E-state index is 11.8.